The van der Waals surface area contributed by atoms with Crippen LogP contribution in [0.4, 0.5) is 0 Å². The van der Waals surface area contributed by atoms with Crippen LogP contribution in [0.5, 0.6) is 5.75 Å². The van der Waals surface area contributed by atoms with Crippen LogP contribution in [0, 0.1) is 0 Å². The van der Waals surface area contributed by atoms with E-state index in [2.05, 4.69) is 43.3 Å². The highest BCUT2D eigenvalue weighted by Gasteiger charge is 2.12. The molecule has 0 bridgehead atoms. The number of halogens is 2. The molecule has 1 atom stereocenters. The van der Waals surface area contributed by atoms with Crippen molar-refractivity contribution in [2.45, 2.75) is 12.5 Å². The average molecular weight is 391 g/mol. The quantitative estimate of drug-likeness (QED) is 0.832. The molecule has 0 aliphatic carbocycles. The summed E-state index contributed by atoms with van der Waals surface area (Å²) < 4.78 is 7.38. The van der Waals surface area contributed by atoms with E-state index < -0.39 is 0 Å². The van der Waals surface area contributed by atoms with E-state index >= 15 is 0 Å². The molecule has 1 heterocycles. The summed E-state index contributed by atoms with van der Waals surface area (Å²) in [5.41, 5.74) is 7.39. The first-order chi connectivity index (χ1) is 8.60. The van der Waals surface area contributed by atoms with Crippen LogP contribution in [0.15, 0.2) is 38.6 Å². The molecule has 0 amide bonds. The summed E-state index contributed by atoms with van der Waals surface area (Å²) in [4.78, 5) is 1.18. The van der Waals surface area contributed by atoms with Crippen LogP contribution in [0.25, 0.3) is 0 Å². The molecule has 18 heavy (non-hydrogen) atoms. The Hall–Kier alpha value is -0.360. The van der Waals surface area contributed by atoms with Gasteiger partial charge in [0.1, 0.15) is 5.75 Å². The van der Waals surface area contributed by atoms with Gasteiger partial charge in [0.05, 0.1) is 7.11 Å². The summed E-state index contributed by atoms with van der Waals surface area (Å²) in [6, 6.07) is 8.02. The minimum Gasteiger partial charge on any atom is -0.497 e. The van der Waals surface area contributed by atoms with E-state index in [1.807, 2.05) is 18.2 Å². The van der Waals surface area contributed by atoms with Crippen molar-refractivity contribution >= 4 is 43.2 Å². The van der Waals surface area contributed by atoms with Crippen molar-refractivity contribution in [1.82, 2.24) is 0 Å². The Kier molecular flexibility index (Phi) is 4.84. The molecular weight excluding hydrogens is 378 g/mol. The summed E-state index contributed by atoms with van der Waals surface area (Å²) in [5.74, 6) is 0.854. The van der Waals surface area contributed by atoms with Gasteiger partial charge in [-0.15, -0.1) is 11.3 Å². The molecular formula is C13H13Br2NOS. The first-order valence-electron chi connectivity index (χ1n) is 5.42. The summed E-state index contributed by atoms with van der Waals surface area (Å²) in [5, 5.41) is 2.05. The van der Waals surface area contributed by atoms with Gasteiger partial charge in [-0.3, -0.25) is 0 Å². The van der Waals surface area contributed by atoms with Crippen molar-refractivity contribution in [2.75, 3.05) is 7.11 Å². The fraction of sp³-hybridized carbons (Fsp3) is 0.231. The molecule has 5 heteroatoms. The van der Waals surface area contributed by atoms with Gasteiger partial charge in [-0.05, 0) is 52.2 Å². The molecule has 2 aromatic rings. The number of hydrogen-bond donors (Lipinski definition) is 1. The standard InChI is InChI=1S/C13H13Br2NOS/c1-17-10-2-3-11(15)8(4-10)5-12(16)13-6-9(14)7-18-13/h2-4,6-7,12H,5,16H2,1H3. The lowest BCUT2D eigenvalue weighted by Crippen LogP contribution is -2.12. The molecule has 0 aliphatic rings. The van der Waals surface area contributed by atoms with Crippen LogP contribution in [-0.2, 0) is 6.42 Å². The number of benzene rings is 1. The zero-order valence-corrected chi connectivity index (χ0v) is 13.8. The Balaban J connectivity index is 2.18. The lowest BCUT2D eigenvalue weighted by Gasteiger charge is -2.12. The highest BCUT2D eigenvalue weighted by atomic mass is 79.9. The molecule has 1 aromatic heterocycles. The molecule has 0 saturated heterocycles. The third-order valence-electron chi connectivity index (χ3n) is 2.65. The fourth-order valence-corrected chi connectivity index (χ4v) is 3.55. The average Bonchev–Trinajstić information content (AvgIpc) is 2.79. The number of thiophene rings is 1. The fourth-order valence-electron chi connectivity index (χ4n) is 1.69. The van der Waals surface area contributed by atoms with E-state index in [-0.39, 0.29) is 6.04 Å². The van der Waals surface area contributed by atoms with Gasteiger partial charge in [0.15, 0.2) is 0 Å². The maximum atomic E-state index is 6.23. The lowest BCUT2D eigenvalue weighted by atomic mass is 10.1. The summed E-state index contributed by atoms with van der Waals surface area (Å²) in [7, 11) is 1.67. The monoisotopic (exact) mass is 389 g/mol. The summed E-state index contributed by atoms with van der Waals surface area (Å²) in [6.07, 6.45) is 0.782. The minimum atomic E-state index is 0.00436. The third-order valence-corrected chi connectivity index (χ3v) is 5.24. The minimum absolute atomic E-state index is 0.00436. The van der Waals surface area contributed by atoms with Crippen molar-refractivity contribution in [3.8, 4) is 5.75 Å². The molecule has 2 rings (SSSR count). The lowest BCUT2D eigenvalue weighted by molar-refractivity contribution is 0.414. The maximum Gasteiger partial charge on any atom is 0.119 e. The first-order valence-corrected chi connectivity index (χ1v) is 7.88. The summed E-state index contributed by atoms with van der Waals surface area (Å²) in [6.45, 7) is 0. The van der Waals surface area contributed by atoms with Gasteiger partial charge < -0.3 is 10.5 Å². The van der Waals surface area contributed by atoms with Gasteiger partial charge in [0.25, 0.3) is 0 Å². The molecule has 0 spiro atoms. The highest BCUT2D eigenvalue weighted by molar-refractivity contribution is 9.10. The second-order valence-electron chi connectivity index (χ2n) is 3.94. The van der Waals surface area contributed by atoms with Crippen LogP contribution in [0.2, 0.25) is 0 Å². The second kappa shape index (κ2) is 6.19. The molecule has 0 saturated carbocycles. The Morgan fingerprint density at radius 3 is 2.72 bits per heavy atom. The van der Waals surface area contributed by atoms with Gasteiger partial charge in [-0.2, -0.15) is 0 Å². The van der Waals surface area contributed by atoms with Crippen LogP contribution in [0.3, 0.4) is 0 Å². The molecule has 0 radical (unpaired) electrons. The van der Waals surface area contributed by atoms with Crippen molar-refractivity contribution in [1.29, 1.82) is 0 Å². The van der Waals surface area contributed by atoms with E-state index in [0.29, 0.717) is 0 Å². The number of ether oxygens (including phenoxy) is 1. The van der Waals surface area contributed by atoms with Gasteiger partial charge >= 0.3 is 0 Å². The van der Waals surface area contributed by atoms with Gasteiger partial charge in [0.2, 0.25) is 0 Å². The van der Waals surface area contributed by atoms with Crippen molar-refractivity contribution in [3.63, 3.8) is 0 Å². The zero-order valence-electron chi connectivity index (χ0n) is 9.82. The molecule has 0 fully saturated rings. The van der Waals surface area contributed by atoms with E-state index in [4.69, 9.17) is 10.5 Å². The van der Waals surface area contributed by atoms with Gasteiger partial charge in [-0.25, -0.2) is 0 Å². The Bertz CT molecular complexity index is 542. The molecule has 2 nitrogen and oxygen atoms in total. The van der Waals surface area contributed by atoms with Crippen LogP contribution < -0.4 is 10.5 Å². The van der Waals surface area contributed by atoms with Gasteiger partial charge in [-0.1, -0.05) is 15.9 Å². The largest absolute Gasteiger partial charge is 0.497 e. The predicted molar refractivity (Wildman–Crippen MR) is 83.3 cm³/mol. The zero-order chi connectivity index (χ0) is 13.1. The van der Waals surface area contributed by atoms with Gasteiger partial charge in [0, 0.05) is 25.2 Å². The van der Waals surface area contributed by atoms with E-state index in [1.165, 1.54) is 4.88 Å². The maximum absolute atomic E-state index is 6.23. The topological polar surface area (TPSA) is 35.2 Å². The molecule has 2 N–H and O–H groups in total. The number of rotatable bonds is 4. The predicted octanol–water partition coefficient (Wildman–Crippen LogP) is 4.52. The third kappa shape index (κ3) is 3.35. The first kappa shape index (κ1) is 14.1. The number of methoxy groups -OCH3 is 1. The van der Waals surface area contributed by atoms with Crippen LogP contribution >= 0.6 is 43.2 Å². The van der Waals surface area contributed by atoms with Crippen molar-refractivity contribution in [3.05, 3.63) is 49.0 Å². The van der Waals surface area contributed by atoms with Crippen molar-refractivity contribution < 1.29 is 4.74 Å². The van der Waals surface area contributed by atoms with Crippen molar-refractivity contribution in [2.24, 2.45) is 5.73 Å². The number of nitrogens with two attached hydrogens (primary N) is 1. The Morgan fingerprint density at radius 2 is 2.11 bits per heavy atom. The second-order valence-corrected chi connectivity index (χ2v) is 6.65. The molecule has 1 aromatic carbocycles. The van der Waals surface area contributed by atoms with E-state index in [9.17, 15) is 0 Å². The smallest absolute Gasteiger partial charge is 0.119 e. The SMILES string of the molecule is COc1ccc(Br)c(CC(N)c2cc(Br)cs2)c1. The molecule has 0 aliphatic heterocycles. The van der Waals surface area contributed by atoms with Crippen LogP contribution in [-0.4, -0.2) is 7.11 Å². The van der Waals surface area contributed by atoms with Crippen LogP contribution in [0.1, 0.15) is 16.5 Å². The van der Waals surface area contributed by atoms with E-state index in [0.717, 1.165) is 26.7 Å². The number of hydrogen-bond acceptors (Lipinski definition) is 3. The Labute approximate surface area is 127 Å². The Morgan fingerprint density at radius 1 is 1.33 bits per heavy atom. The molecule has 1 unspecified atom stereocenters. The molecule has 96 valence electrons. The summed E-state index contributed by atoms with van der Waals surface area (Å²) >= 11 is 8.67. The highest BCUT2D eigenvalue weighted by Crippen LogP contribution is 2.30. The normalized spacial score (nSPS) is 12.4. The van der Waals surface area contributed by atoms with E-state index in [1.54, 1.807) is 18.4 Å².